The number of nitrogens with zero attached hydrogens (tertiary/aromatic N) is 5. The first-order valence-corrected chi connectivity index (χ1v) is 13.4. The third-order valence-corrected chi connectivity index (χ3v) is 7.45. The summed E-state index contributed by atoms with van der Waals surface area (Å²) >= 11 is 0. The lowest BCUT2D eigenvalue weighted by atomic mass is 10.1. The smallest absolute Gasteiger partial charge is 0.491 e. The number of nitrogens with one attached hydrogen (secondary N) is 1. The summed E-state index contributed by atoms with van der Waals surface area (Å²) in [5.41, 5.74) is 0.843. The standard InChI is InChI=1S/C23H27F3N6O6S/c1-12(2)37-19(20-27-8-13(3)9-28-20)14(4)39(34,35)31-22-30-29-21-17-7-16(38-23(24,25)26)5-6-18(17)36-11-15(10-33)32(21)22/h5-9,12,14-15,19,33H,10-11H2,1-4H3,(H,30,31)/t14-,15-,19+/m0/s1. The van der Waals surface area contributed by atoms with Crippen molar-refractivity contribution in [3.8, 4) is 22.9 Å². The first kappa shape index (κ1) is 28.5. The van der Waals surface area contributed by atoms with Crippen LogP contribution in [-0.2, 0) is 14.8 Å². The van der Waals surface area contributed by atoms with Crippen molar-refractivity contribution in [1.82, 2.24) is 24.7 Å². The van der Waals surface area contributed by atoms with Gasteiger partial charge in [-0.2, -0.15) is 0 Å². The van der Waals surface area contributed by atoms with Gasteiger partial charge in [-0.1, -0.05) is 0 Å². The summed E-state index contributed by atoms with van der Waals surface area (Å²) in [6, 6.07) is 2.51. The molecule has 0 radical (unpaired) electrons. The summed E-state index contributed by atoms with van der Waals surface area (Å²) in [5, 5.41) is 16.7. The van der Waals surface area contributed by atoms with Crippen molar-refractivity contribution in [2.24, 2.45) is 0 Å². The summed E-state index contributed by atoms with van der Waals surface area (Å²) in [7, 11) is -4.25. The van der Waals surface area contributed by atoms with Gasteiger partial charge >= 0.3 is 6.36 Å². The Kier molecular flexibility index (Phi) is 7.99. The Hall–Kier alpha value is -3.50. The van der Waals surface area contributed by atoms with E-state index in [4.69, 9.17) is 9.47 Å². The Bertz CT molecular complexity index is 1410. The van der Waals surface area contributed by atoms with Gasteiger partial charge in [0.1, 0.15) is 29.5 Å². The summed E-state index contributed by atoms with van der Waals surface area (Å²) in [5.74, 6) is -0.526. The van der Waals surface area contributed by atoms with Gasteiger partial charge in [0.05, 0.1) is 24.3 Å². The highest BCUT2D eigenvalue weighted by atomic mass is 32.2. The lowest BCUT2D eigenvalue weighted by molar-refractivity contribution is -0.274. The van der Waals surface area contributed by atoms with Crippen molar-refractivity contribution in [2.75, 3.05) is 17.9 Å². The van der Waals surface area contributed by atoms with Crippen molar-refractivity contribution in [3.63, 3.8) is 0 Å². The second-order valence-corrected chi connectivity index (χ2v) is 11.2. The van der Waals surface area contributed by atoms with E-state index in [1.54, 1.807) is 33.2 Å². The zero-order valence-corrected chi connectivity index (χ0v) is 22.2. The van der Waals surface area contributed by atoms with Crippen LogP contribution >= 0.6 is 0 Å². The maximum Gasteiger partial charge on any atom is 0.573 e. The van der Waals surface area contributed by atoms with E-state index in [1.165, 1.54) is 17.6 Å². The summed E-state index contributed by atoms with van der Waals surface area (Å²) in [6.07, 6.45) is -3.25. The molecule has 3 heterocycles. The summed E-state index contributed by atoms with van der Waals surface area (Å²) in [4.78, 5) is 8.45. The van der Waals surface area contributed by atoms with Crippen molar-refractivity contribution in [1.29, 1.82) is 0 Å². The fraction of sp³-hybridized carbons (Fsp3) is 0.478. The molecule has 0 amide bonds. The maximum atomic E-state index is 13.5. The number of halogens is 3. The Balaban J connectivity index is 1.71. The number of ether oxygens (including phenoxy) is 3. The molecular formula is C23H27F3N6O6S. The number of anilines is 1. The van der Waals surface area contributed by atoms with Crippen molar-refractivity contribution in [2.45, 2.75) is 57.6 Å². The molecule has 16 heteroatoms. The SMILES string of the molecule is Cc1cnc([C@H](OC(C)C)[C@H](C)S(=O)(=O)Nc2nnc3n2[C@@H](CO)COc2ccc(OC(F)(F)F)cc2-3)nc1. The molecule has 12 nitrogen and oxygen atoms in total. The molecule has 0 aliphatic carbocycles. The molecule has 0 saturated carbocycles. The number of aromatic nitrogens is 5. The van der Waals surface area contributed by atoms with Crippen LogP contribution in [0.4, 0.5) is 19.1 Å². The fourth-order valence-corrected chi connectivity index (χ4v) is 4.99. The van der Waals surface area contributed by atoms with Gasteiger partial charge in [-0.05, 0) is 51.5 Å². The minimum Gasteiger partial charge on any atom is -0.491 e. The Morgan fingerprint density at radius 3 is 2.51 bits per heavy atom. The molecule has 0 unspecified atom stereocenters. The van der Waals surface area contributed by atoms with Crippen molar-refractivity contribution in [3.05, 3.63) is 42.0 Å². The summed E-state index contributed by atoms with van der Waals surface area (Å²) in [6.45, 7) is 6.04. The highest BCUT2D eigenvalue weighted by Gasteiger charge is 2.37. The molecule has 2 aromatic heterocycles. The number of benzene rings is 1. The number of sulfonamides is 1. The third kappa shape index (κ3) is 6.39. The fourth-order valence-electron chi connectivity index (χ4n) is 3.90. The van der Waals surface area contributed by atoms with E-state index in [0.29, 0.717) is 0 Å². The van der Waals surface area contributed by atoms with E-state index in [9.17, 15) is 26.7 Å². The van der Waals surface area contributed by atoms with E-state index in [-0.39, 0.29) is 41.6 Å². The molecule has 0 fully saturated rings. The molecule has 0 spiro atoms. The molecule has 3 aromatic rings. The second kappa shape index (κ2) is 10.9. The highest BCUT2D eigenvalue weighted by Crippen LogP contribution is 2.39. The van der Waals surface area contributed by atoms with Gasteiger partial charge < -0.3 is 19.3 Å². The average molecular weight is 573 g/mol. The topological polar surface area (TPSA) is 151 Å². The van der Waals surface area contributed by atoms with Gasteiger partial charge in [0.15, 0.2) is 11.6 Å². The molecule has 39 heavy (non-hydrogen) atoms. The molecule has 1 aromatic carbocycles. The molecule has 1 aliphatic rings. The van der Waals surface area contributed by atoms with Crippen LogP contribution in [0.15, 0.2) is 30.6 Å². The first-order valence-electron chi connectivity index (χ1n) is 11.8. The van der Waals surface area contributed by atoms with Crippen LogP contribution in [0.1, 0.15) is 44.3 Å². The number of fused-ring (bicyclic) bond motifs is 3. The van der Waals surface area contributed by atoms with Crippen LogP contribution in [0.5, 0.6) is 11.5 Å². The molecule has 3 atom stereocenters. The average Bonchev–Trinajstić information content (AvgIpc) is 3.17. The quantitative estimate of drug-likeness (QED) is 0.391. The first-order chi connectivity index (χ1) is 18.3. The molecule has 2 N–H and O–H groups in total. The third-order valence-electron chi connectivity index (χ3n) is 5.75. The van der Waals surface area contributed by atoms with Crippen molar-refractivity contribution < 1.29 is 40.9 Å². The van der Waals surface area contributed by atoms with Crippen molar-refractivity contribution >= 4 is 16.0 Å². The zero-order chi connectivity index (χ0) is 28.5. The van der Waals surface area contributed by atoms with Gasteiger partial charge in [0.2, 0.25) is 16.0 Å². The van der Waals surface area contributed by atoms with E-state index in [0.717, 1.165) is 17.7 Å². The zero-order valence-electron chi connectivity index (χ0n) is 21.4. The van der Waals surface area contributed by atoms with E-state index < -0.39 is 46.1 Å². The van der Waals surface area contributed by atoms with Gasteiger partial charge in [0.25, 0.3) is 0 Å². The van der Waals surface area contributed by atoms with E-state index in [1.807, 2.05) is 0 Å². The molecule has 4 rings (SSSR count). The highest BCUT2D eigenvalue weighted by molar-refractivity contribution is 7.93. The Morgan fingerprint density at radius 1 is 1.21 bits per heavy atom. The summed E-state index contributed by atoms with van der Waals surface area (Å²) < 4.78 is 84.6. The lowest BCUT2D eigenvalue weighted by Crippen LogP contribution is -2.35. The molecule has 0 bridgehead atoms. The number of alkyl halides is 3. The number of hydrogen-bond acceptors (Lipinski definition) is 10. The van der Waals surface area contributed by atoms with E-state index >= 15 is 0 Å². The normalized spacial score (nSPS) is 17.0. The number of aryl methyl sites for hydroxylation is 1. The number of rotatable bonds is 9. The predicted molar refractivity (Wildman–Crippen MR) is 131 cm³/mol. The Morgan fingerprint density at radius 2 is 1.90 bits per heavy atom. The molecule has 212 valence electrons. The van der Waals surface area contributed by atoms with Crippen LogP contribution in [0.3, 0.4) is 0 Å². The van der Waals surface area contributed by atoms with Crippen LogP contribution in [-0.4, -0.2) is 69.2 Å². The Labute approximate surface area is 222 Å². The van der Waals surface area contributed by atoms with Crippen LogP contribution in [0.25, 0.3) is 11.4 Å². The second-order valence-electron chi connectivity index (χ2n) is 9.15. The molecule has 1 aliphatic heterocycles. The number of hydrogen-bond donors (Lipinski definition) is 2. The number of aliphatic hydroxyl groups is 1. The van der Waals surface area contributed by atoms with Gasteiger partial charge in [-0.3, -0.25) is 9.29 Å². The predicted octanol–water partition coefficient (Wildman–Crippen LogP) is 3.16. The largest absolute Gasteiger partial charge is 0.573 e. The minimum atomic E-state index is -4.94. The van der Waals surface area contributed by atoms with Gasteiger partial charge in [0, 0.05) is 12.4 Å². The van der Waals surface area contributed by atoms with Crippen LogP contribution in [0, 0.1) is 6.92 Å². The minimum absolute atomic E-state index is 0.0311. The lowest BCUT2D eigenvalue weighted by Gasteiger charge is -2.26. The molecular weight excluding hydrogens is 545 g/mol. The maximum absolute atomic E-state index is 13.5. The van der Waals surface area contributed by atoms with Gasteiger partial charge in [-0.15, -0.1) is 23.4 Å². The molecule has 0 saturated heterocycles. The van der Waals surface area contributed by atoms with Crippen LogP contribution < -0.4 is 14.2 Å². The number of aliphatic hydroxyl groups excluding tert-OH is 1. The monoisotopic (exact) mass is 572 g/mol. The van der Waals surface area contributed by atoms with Gasteiger partial charge in [-0.25, -0.2) is 18.4 Å². The van der Waals surface area contributed by atoms with E-state index in [2.05, 4.69) is 29.6 Å². The van der Waals surface area contributed by atoms with Crippen LogP contribution in [0.2, 0.25) is 0 Å².